The van der Waals surface area contributed by atoms with Crippen molar-refractivity contribution in [3.8, 4) is 0 Å². The second kappa shape index (κ2) is 9.28. The van der Waals surface area contributed by atoms with Crippen molar-refractivity contribution in [3.63, 3.8) is 0 Å². The molecule has 0 fully saturated rings. The summed E-state index contributed by atoms with van der Waals surface area (Å²) in [7, 11) is 0. The predicted octanol–water partition coefficient (Wildman–Crippen LogP) is 3.87. The summed E-state index contributed by atoms with van der Waals surface area (Å²) in [5.41, 5.74) is 0. The molecular weight excluding hydrogens is 136 g/mol. The van der Waals surface area contributed by atoms with Crippen molar-refractivity contribution >= 4 is 0 Å². The smallest absolute Gasteiger partial charge is 0.0902 e. The van der Waals surface area contributed by atoms with E-state index in [1.165, 1.54) is 25.7 Å². The molecule has 1 heterocycles. The summed E-state index contributed by atoms with van der Waals surface area (Å²) in [5.74, 6) is 0. The molecule has 1 heteroatoms. The van der Waals surface area contributed by atoms with Crippen molar-refractivity contribution in [1.82, 2.24) is 0 Å². The Balaban J connectivity index is 0.000000183. The molecule has 0 saturated heterocycles. The van der Waals surface area contributed by atoms with Crippen molar-refractivity contribution in [2.24, 2.45) is 0 Å². The molecule has 0 spiro atoms. The Morgan fingerprint density at radius 2 is 1.36 bits per heavy atom. The van der Waals surface area contributed by atoms with Gasteiger partial charge in [0, 0.05) is 0 Å². The van der Waals surface area contributed by atoms with Gasteiger partial charge in [-0.3, -0.25) is 0 Å². The molecule has 0 atom stereocenters. The third kappa shape index (κ3) is 9.28. The number of rotatable bonds is 3. The van der Waals surface area contributed by atoms with Crippen LogP contribution in [0.15, 0.2) is 29.1 Å². The largest absolute Gasteiger partial charge is 0.473 e. The van der Waals surface area contributed by atoms with Gasteiger partial charge in [-0.05, 0) is 12.1 Å². The van der Waals surface area contributed by atoms with Crippen LogP contribution in [-0.4, -0.2) is 0 Å². The highest BCUT2D eigenvalue weighted by atomic mass is 16.3. The van der Waals surface area contributed by atoms with Crippen LogP contribution >= 0.6 is 0 Å². The molecule has 1 nitrogen and oxygen atoms in total. The van der Waals surface area contributed by atoms with Crippen LogP contribution in [0.3, 0.4) is 0 Å². The van der Waals surface area contributed by atoms with Crippen LogP contribution in [0.2, 0.25) is 0 Å². The van der Waals surface area contributed by atoms with Gasteiger partial charge >= 0.3 is 0 Å². The van der Waals surface area contributed by atoms with E-state index in [4.69, 9.17) is 0 Å². The fourth-order valence-electron chi connectivity index (χ4n) is 0.727. The number of hydrogen-bond acceptors (Lipinski definition) is 1. The molecular formula is C10H18O. The third-order valence-electron chi connectivity index (χ3n) is 1.38. The van der Waals surface area contributed by atoms with Gasteiger partial charge in [-0.25, -0.2) is 0 Å². The van der Waals surface area contributed by atoms with Crippen LogP contribution in [0.4, 0.5) is 0 Å². The van der Waals surface area contributed by atoms with E-state index >= 15 is 0 Å². The first-order chi connectivity index (χ1) is 5.41. The summed E-state index contributed by atoms with van der Waals surface area (Å²) >= 11 is 0. The van der Waals surface area contributed by atoms with Crippen LogP contribution < -0.4 is 0 Å². The monoisotopic (exact) mass is 154 g/mol. The Morgan fingerprint density at radius 3 is 1.55 bits per heavy atom. The Hall–Kier alpha value is -0.720. The zero-order chi connectivity index (χ0) is 8.36. The van der Waals surface area contributed by atoms with Crippen LogP contribution in [-0.2, 0) is 0 Å². The van der Waals surface area contributed by atoms with Gasteiger partial charge in [0.15, 0.2) is 0 Å². The maximum atomic E-state index is 4.58. The minimum Gasteiger partial charge on any atom is -0.473 e. The Bertz CT molecular complexity index is 100. The number of furan rings is 1. The molecule has 0 aliphatic heterocycles. The summed E-state index contributed by atoms with van der Waals surface area (Å²) in [4.78, 5) is 0. The van der Waals surface area contributed by atoms with Gasteiger partial charge in [-0.2, -0.15) is 0 Å². The maximum absolute atomic E-state index is 4.58. The molecule has 0 bridgehead atoms. The molecule has 1 aromatic rings. The van der Waals surface area contributed by atoms with Gasteiger partial charge in [0.2, 0.25) is 0 Å². The van der Waals surface area contributed by atoms with E-state index in [2.05, 4.69) is 18.3 Å². The fraction of sp³-hybridized carbons (Fsp3) is 0.600. The normalized spacial score (nSPS) is 8.55. The minimum absolute atomic E-state index is 1.36. The molecule has 0 radical (unpaired) electrons. The Kier molecular flexibility index (Phi) is 8.67. The van der Waals surface area contributed by atoms with Crippen molar-refractivity contribution in [2.45, 2.75) is 39.5 Å². The van der Waals surface area contributed by atoms with Crippen LogP contribution in [0.5, 0.6) is 0 Å². The lowest BCUT2D eigenvalue weighted by molar-refractivity contribution is 0.567. The van der Waals surface area contributed by atoms with Gasteiger partial charge in [-0.1, -0.05) is 39.5 Å². The second-order valence-corrected chi connectivity index (χ2v) is 2.50. The Morgan fingerprint density at radius 1 is 0.909 bits per heavy atom. The summed E-state index contributed by atoms with van der Waals surface area (Å²) in [6, 6.07) is 3.67. The van der Waals surface area contributed by atoms with E-state index in [1.54, 1.807) is 12.5 Å². The molecule has 11 heavy (non-hydrogen) atoms. The van der Waals surface area contributed by atoms with E-state index in [0.717, 1.165) is 0 Å². The van der Waals surface area contributed by atoms with Gasteiger partial charge in [-0.15, -0.1) is 0 Å². The van der Waals surface area contributed by atoms with Crippen molar-refractivity contribution in [2.75, 3.05) is 0 Å². The number of hydrogen-bond donors (Lipinski definition) is 0. The van der Waals surface area contributed by atoms with Crippen LogP contribution in [0.25, 0.3) is 0 Å². The standard InChI is InChI=1S/C6H14.C4H4O/c1-3-5-6-4-2;1-2-4-5-3-1/h3-6H2,1-2H3;1-4H. The van der Waals surface area contributed by atoms with Gasteiger partial charge in [0.05, 0.1) is 12.5 Å². The topological polar surface area (TPSA) is 13.1 Å². The van der Waals surface area contributed by atoms with E-state index in [9.17, 15) is 0 Å². The quantitative estimate of drug-likeness (QED) is 0.602. The fourth-order valence-corrected chi connectivity index (χ4v) is 0.727. The highest BCUT2D eigenvalue weighted by Crippen LogP contribution is 1.95. The minimum atomic E-state index is 1.36. The molecule has 1 rings (SSSR count). The van der Waals surface area contributed by atoms with Crippen molar-refractivity contribution < 1.29 is 4.42 Å². The number of unbranched alkanes of at least 4 members (excludes halogenated alkanes) is 3. The zero-order valence-electron chi connectivity index (χ0n) is 7.55. The molecule has 0 amide bonds. The zero-order valence-corrected chi connectivity index (χ0v) is 7.55. The average Bonchev–Trinajstić information content (AvgIpc) is 2.57. The summed E-state index contributed by atoms with van der Waals surface area (Å²) < 4.78 is 4.58. The van der Waals surface area contributed by atoms with E-state index in [1.807, 2.05) is 12.1 Å². The lowest BCUT2D eigenvalue weighted by atomic mass is 10.2. The second-order valence-electron chi connectivity index (χ2n) is 2.50. The van der Waals surface area contributed by atoms with E-state index < -0.39 is 0 Å². The molecule has 0 saturated carbocycles. The molecule has 0 unspecified atom stereocenters. The van der Waals surface area contributed by atoms with Gasteiger partial charge in [0.1, 0.15) is 0 Å². The van der Waals surface area contributed by atoms with Crippen molar-refractivity contribution in [1.29, 1.82) is 0 Å². The van der Waals surface area contributed by atoms with Gasteiger partial charge < -0.3 is 4.42 Å². The summed E-state index contributed by atoms with van der Waals surface area (Å²) in [5, 5.41) is 0. The average molecular weight is 154 g/mol. The first kappa shape index (κ1) is 10.3. The molecule has 0 N–H and O–H groups in total. The highest BCUT2D eigenvalue weighted by Gasteiger charge is 1.75. The van der Waals surface area contributed by atoms with Gasteiger partial charge in [0.25, 0.3) is 0 Å². The van der Waals surface area contributed by atoms with E-state index in [0.29, 0.717) is 0 Å². The lowest BCUT2D eigenvalue weighted by Crippen LogP contribution is -1.66. The third-order valence-corrected chi connectivity index (χ3v) is 1.38. The Labute approximate surface area is 69.4 Å². The molecule has 64 valence electrons. The highest BCUT2D eigenvalue weighted by molar-refractivity contribution is 4.79. The summed E-state index contributed by atoms with van der Waals surface area (Å²) in [6.07, 6.45) is 8.79. The molecule has 1 aromatic heterocycles. The van der Waals surface area contributed by atoms with E-state index in [-0.39, 0.29) is 0 Å². The lowest BCUT2D eigenvalue weighted by Gasteiger charge is -1.86. The SMILES string of the molecule is CCCCCC.c1ccoc1. The molecule has 0 aliphatic rings. The van der Waals surface area contributed by atoms with Crippen LogP contribution in [0.1, 0.15) is 39.5 Å². The first-order valence-electron chi connectivity index (χ1n) is 4.39. The first-order valence-corrected chi connectivity index (χ1v) is 4.39. The predicted molar refractivity (Wildman–Crippen MR) is 48.5 cm³/mol. The maximum Gasteiger partial charge on any atom is 0.0902 e. The van der Waals surface area contributed by atoms with Crippen LogP contribution in [0, 0.1) is 0 Å². The molecule has 0 aliphatic carbocycles. The summed E-state index contributed by atoms with van der Waals surface area (Å²) in [6.45, 7) is 4.46. The van der Waals surface area contributed by atoms with Crippen molar-refractivity contribution in [3.05, 3.63) is 24.7 Å². The molecule has 0 aromatic carbocycles.